The van der Waals surface area contributed by atoms with Crippen molar-refractivity contribution in [3.8, 4) is 0 Å². The summed E-state index contributed by atoms with van der Waals surface area (Å²) in [7, 11) is 0. The molecular formula is C10H8BrClS2. The zero-order chi connectivity index (χ0) is 10.1. The van der Waals surface area contributed by atoms with Crippen molar-refractivity contribution in [2.75, 3.05) is 6.26 Å². The van der Waals surface area contributed by atoms with Crippen molar-refractivity contribution in [2.45, 2.75) is 10.1 Å². The average Bonchev–Trinajstić information content (AvgIpc) is 2.54. The Hall–Kier alpha value is 0.300. The molecule has 0 aliphatic rings. The Morgan fingerprint density at radius 1 is 1.50 bits per heavy atom. The summed E-state index contributed by atoms with van der Waals surface area (Å²) in [5.41, 5.74) is 1.26. The van der Waals surface area contributed by atoms with Gasteiger partial charge in [-0.3, -0.25) is 0 Å². The van der Waals surface area contributed by atoms with Gasteiger partial charge in [0.1, 0.15) is 0 Å². The number of alkyl halides is 1. The minimum Gasteiger partial charge on any atom is -0.128 e. The molecule has 0 amide bonds. The van der Waals surface area contributed by atoms with Gasteiger partial charge in [0.2, 0.25) is 0 Å². The predicted molar refractivity (Wildman–Crippen MR) is 70.9 cm³/mol. The normalized spacial score (nSPS) is 11.1. The molecule has 0 radical (unpaired) electrons. The van der Waals surface area contributed by atoms with E-state index in [1.165, 1.54) is 19.9 Å². The number of rotatable bonds is 2. The molecule has 0 aliphatic carbocycles. The summed E-state index contributed by atoms with van der Waals surface area (Å²) in [5.74, 6) is 0.590. The van der Waals surface area contributed by atoms with Crippen molar-refractivity contribution >= 4 is 60.7 Å². The molecule has 2 rings (SSSR count). The van der Waals surface area contributed by atoms with Gasteiger partial charge in [-0.25, -0.2) is 0 Å². The molecule has 0 nitrogen and oxygen atoms in total. The minimum absolute atomic E-state index is 0.590. The first-order chi connectivity index (χ1) is 6.76. The standard InChI is InChI=1S/C10H8BrClS2/c1-13-10-8(5-12)7-4-6(11)2-3-9(7)14-10/h2-4H,5H2,1H3. The smallest absolute Gasteiger partial charge is 0.0652 e. The van der Waals surface area contributed by atoms with Gasteiger partial charge in [0, 0.05) is 15.1 Å². The highest BCUT2D eigenvalue weighted by molar-refractivity contribution is 9.10. The first-order valence-corrected chi connectivity index (χ1v) is 7.44. The fourth-order valence-corrected chi connectivity index (χ4v) is 4.15. The lowest BCUT2D eigenvalue weighted by Crippen LogP contribution is -1.76. The van der Waals surface area contributed by atoms with E-state index in [0.717, 1.165) is 4.47 Å². The first-order valence-electron chi connectivity index (χ1n) is 4.07. The lowest BCUT2D eigenvalue weighted by molar-refractivity contribution is 1.39. The van der Waals surface area contributed by atoms with E-state index in [9.17, 15) is 0 Å². The van der Waals surface area contributed by atoms with Crippen LogP contribution in [0.15, 0.2) is 26.9 Å². The van der Waals surface area contributed by atoms with Gasteiger partial charge in [0.15, 0.2) is 0 Å². The third-order valence-electron chi connectivity index (χ3n) is 2.03. The molecule has 0 atom stereocenters. The highest BCUT2D eigenvalue weighted by Gasteiger charge is 2.10. The maximum atomic E-state index is 5.96. The summed E-state index contributed by atoms with van der Waals surface area (Å²) in [6, 6.07) is 6.35. The molecule has 0 bridgehead atoms. The van der Waals surface area contributed by atoms with Crippen LogP contribution in [0.2, 0.25) is 0 Å². The third-order valence-corrected chi connectivity index (χ3v) is 5.17. The summed E-state index contributed by atoms with van der Waals surface area (Å²) in [4.78, 5) is 0. The van der Waals surface area contributed by atoms with Gasteiger partial charge in [0.25, 0.3) is 0 Å². The number of thioether (sulfide) groups is 1. The van der Waals surface area contributed by atoms with Gasteiger partial charge < -0.3 is 0 Å². The average molecular weight is 308 g/mol. The van der Waals surface area contributed by atoms with Crippen LogP contribution in [-0.2, 0) is 5.88 Å². The van der Waals surface area contributed by atoms with Gasteiger partial charge in [-0.15, -0.1) is 34.7 Å². The van der Waals surface area contributed by atoms with Crippen molar-refractivity contribution in [2.24, 2.45) is 0 Å². The molecule has 0 spiro atoms. The van der Waals surface area contributed by atoms with Crippen LogP contribution >= 0.6 is 50.6 Å². The quantitative estimate of drug-likeness (QED) is 0.548. The van der Waals surface area contributed by atoms with Crippen LogP contribution in [0.5, 0.6) is 0 Å². The topological polar surface area (TPSA) is 0 Å². The Bertz CT molecular complexity index is 464. The molecule has 0 saturated carbocycles. The van der Waals surface area contributed by atoms with E-state index in [2.05, 4.69) is 40.4 Å². The molecule has 0 fully saturated rings. The van der Waals surface area contributed by atoms with E-state index in [-0.39, 0.29) is 0 Å². The molecular weight excluding hydrogens is 300 g/mol. The lowest BCUT2D eigenvalue weighted by atomic mass is 10.2. The minimum atomic E-state index is 0.590. The highest BCUT2D eigenvalue weighted by atomic mass is 79.9. The monoisotopic (exact) mass is 306 g/mol. The van der Waals surface area contributed by atoms with Gasteiger partial charge in [0.05, 0.1) is 4.21 Å². The maximum absolute atomic E-state index is 5.96. The van der Waals surface area contributed by atoms with Crippen molar-refractivity contribution in [3.63, 3.8) is 0 Å². The first kappa shape index (κ1) is 10.8. The Morgan fingerprint density at radius 3 is 2.93 bits per heavy atom. The van der Waals surface area contributed by atoms with E-state index in [4.69, 9.17) is 11.6 Å². The second-order valence-electron chi connectivity index (χ2n) is 2.85. The Balaban J connectivity index is 2.74. The molecule has 1 aromatic heterocycles. The molecule has 1 heterocycles. The van der Waals surface area contributed by atoms with Crippen molar-refractivity contribution in [1.29, 1.82) is 0 Å². The van der Waals surface area contributed by atoms with Gasteiger partial charge in [-0.1, -0.05) is 15.9 Å². The molecule has 74 valence electrons. The van der Waals surface area contributed by atoms with Crippen LogP contribution in [0.3, 0.4) is 0 Å². The Labute approximate surface area is 105 Å². The van der Waals surface area contributed by atoms with Crippen LogP contribution in [0.4, 0.5) is 0 Å². The van der Waals surface area contributed by atoms with Crippen LogP contribution in [0.1, 0.15) is 5.56 Å². The van der Waals surface area contributed by atoms with E-state index in [0.29, 0.717) is 5.88 Å². The third kappa shape index (κ3) is 1.83. The van der Waals surface area contributed by atoms with Crippen LogP contribution in [-0.4, -0.2) is 6.26 Å². The van der Waals surface area contributed by atoms with Crippen molar-refractivity contribution in [1.82, 2.24) is 0 Å². The fourth-order valence-electron chi connectivity index (χ4n) is 1.39. The summed E-state index contributed by atoms with van der Waals surface area (Å²) >= 11 is 13.0. The number of benzene rings is 1. The molecule has 0 aliphatic heterocycles. The zero-order valence-corrected chi connectivity index (χ0v) is 11.5. The lowest BCUT2D eigenvalue weighted by Gasteiger charge is -1.96. The van der Waals surface area contributed by atoms with Crippen molar-refractivity contribution < 1.29 is 0 Å². The molecule has 0 N–H and O–H groups in total. The number of hydrogen-bond acceptors (Lipinski definition) is 2. The van der Waals surface area contributed by atoms with E-state index in [1.807, 2.05) is 11.3 Å². The van der Waals surface area contributed by atoms with E-state index in [1.54, 1.807) is 11.8 Å². The van der Waals surface area contributed by atoms with Crippen LogP contribution in [0, 0.1) is 0 Å². The second kappa shape index (κ2) is 4.44. The van der Waals surface area contributed by atoms with Crippen LogP contribution < -0.4 is 0 Å². The number of hydrogen-bond donors (Lipinski definition) is 0. The summed E-state index contributed by atoms with van der Waals surface area (Å²) in [6.45, 7) is 0. The molecule has 1 aromatic carbocycles. The summed E-state index contributed by atoms with van der Waals surface area (Å²) in [5, 5.41) is 1.28. The molecule has 4 heteroatoms. The summed E-state index contributed by atoms with van der Waals surface area (Å²) < 4.78 is 3.75. The summed E-state index contributed by atoms with van der Waals surface area (Å²) in [6.07, 6.45) is 2.09. The SMILES string of the molecule is CSc1sc2ccc(Br)cc2c1CCl. The van der Waals surface area contributed by atoms with Crippen molar-refractivity contribution in [3.05, 3.63) is 28.2 Å². The predicted octanol–water partition coefficient (Wildman–Crippen LogP) is 5.12. The number of thiophene rings is 1. The van der Waals surface area contributed by atoms with Gasteiger partial charge in [-0.2, -0.15) is 0 Å². The highest BCUT2D eigenvalue weighted by Crippen LogP contribution is 2.38. The largest absolute Gasteiger partial charge is 0.128 e. The van der Waals surface area contributed by atoms with Crippen LogP contribution in [0.25, 0.3) is 10.1 Å². The second-order valence-corrected chi connectivity index (χ2v) is 6.16. The fraction of sp³-hybridized carbons (Fsp3) is 0.200. The van der Waals surface area contributed by atoms with E-state index < -0.39 is 0 Å². The number of fused-ring (bicyclic) bond motifs is 1. The molecule has 0 unspecified atom stereocenters. The molecule has 2 aromatic rings. The van der Waals surface area contributed by atoms with Gasteiger partial charge >= 0.3 is 0 Å². The molecule has 0 saturated heterocycles. The van der Waals surface area contributed by atoms with E-state index >= 15 is 0 Å². The Kier molecular flexibility index (Phi) is 3.42. The number of halogens is 2. The maximum Gasteiger partial charge on any atom is 0.0652 e. The zero-order valence-electron chi connectivity index (χ0n) is 7.51. The van der Waals surface area contributed by atoms with Gasteiger partial charge in [-0.05, 0) is 35.4 Å². The Morgan fingerprint density at radius 2 is 2.29 bits per heavy atom. The molecule has 14 heavy (non-hydrogen) atoms.